The third-order valence-electron chi connectivity index (χ3n) is 3.32. The molecule has 0 radical (unpaired) electrons. The highest BCUT2D eigenvalue weighted by Gasteiger charge is 2.32. The highest BCUT2D eigenvalue weighted by atomic mass is 32.1. The average Bonchev–Trinajstić information content (AvgIpc) is 3.05. The van der Waals surface area contributed by atoms with Gasteiger partial charge < -0.3 is 20.5 Å². The minimum atomic E-state index is -0.421. The van der Waals surface area contributed by atoms with Crippen molar-refractivity contribution < 1.29 is 19.1 Å². The summed E-state index contributed by atoms with van der Waals surface area (Å²) in [5, 5.41) is 3.32. The molecule has 1 amide bonds. The molecule has 2 unspecified atom stereocenters. The summed E-state index contributed by atoms with van der Waals surface area (Å²) >= 11 is 1.39. The van der Waals surface area contributed by atoms with E-state index in [2.05, 4.69) is 5.32 Å². The van der Waals surface area contributed by atoms with Gasteiger partial charge in [-0.15, -0.1) is 11.3 Å². The van der Waals surface area contributed by atoms with Crippen molar-refractivity contribution in [3.05, 3.63) is 16.5 Å². The van der Waals surface area contributed by atoms with Crippen LogP contribution in [0.15, 0.2) is 6.07 Å². The first kappa shape index (κ1) is 15.9. The van der Waals surface area contributed by atoms with E-state index in [1.807, 2.05) is 6.92 Å². The number of rotatable bonds is 5. The van der Waals surface area contributed by atoms with Crippen LogP contribution in [0.1, 0.15) is 29.1 Å². The summed E-state index contributed by atoms with van der Waals surface area (Å²) in [6, 6.07) is 1.46. The molecule has 2 atom stereocenters. The van der Waals surface area contributed by atoms with E-state index in [-0.39, 0.29) is 17.9 Å². The molecular formula is C14H20N2O4S. The van der Waals surface area contributed by atoms with Gasteiger partial charge in [0.2, 0.25) is 5.91 Å². The average molecular weight is 312 g/mol. The standard InChI is InChI=1S/C14H20N2O4S/c1-3-8-5-9(14(18)20-4-2)13(21-8)16-12(17)10-6-19-7-11(10)15/h5,10-11H,3-4,6-7,15H2,1-2H3,(H,16,17). The van der Waals surface area contributed by atoms with Crippen LogP contribution in [0.4, 0.5) is 5.00 Å². The molecule has 116 valence electrons. The normalized spacial score (nSPS) is 21.3. The minimum absolute atomic E-state index is 0.213. The van der Waals surface area contributed by atoms with E-state index < -0.39 is 5.97 Å². The van der Waals surface area contributed by atoms with Crippen molar-refractivity contribution in [1.82, 2.24) is 0 Å². The molecule has 2 rings (SSSR count). The molecule has 1 fully saturated rings. The Kier molecular flexibility index (Phi) is 5.33. The zero-order valence-electron chi connectivity index (χ0n) is 12.2. The third-order valence-corrected chi connectivity index (χ3v) is 4.52. The van der Waals surface area contributed by atoms with Gasteiger partial charge in [0.25, 0.3) is 0 Å². The van der Waals surface area contributed by atoms with Crippen LogP contribution in [0.3, 0.4) is 0 Å². The number of anilines is 1. The van der Waals surface area contributed by atoms with Gasteiger partial charge >= 0.3 is 5.97 Å². The number of esters is 1. The summed E-state index contributed by atoms with van der Waals surface area (Å²) in [6.45, 7) is 4.73. The lowest BCUT2D eigenvalue weighted by Gasteiger charge is -2.13. The zero-order valence-corrected chi connectivity index (χ0v) is 13.0. The van der Waals surface area contributed by atoms with Crippen molar-refractivity contribution in [2.45, 2.75) is 26.3 Å². The number of thiophene rings is 1. The summed E-state index contributed by atoms with van der Waals surface area (Å²) in [5.41, 5.74) is 6.24. The Bertz CT molecular complexity index is 529. The van der Waals surface area contributed by atoms with Crippen LogP contribution in [-0.2, 0) is 20.7 Å². The monoisotopic (exact) mass is 312 g/mol. The molecule has 1 aliphatic heterocycles. The second-order valence-electron chi connectivity index (χ2n) is 4.83. The van der Waals surface area contributed by atoms with Crippen LogP contribution in [0.25, 0.3) is 0 Å². The fourth-order valence-corrected chi connectivity index (χ4v) is 3.10. The summed E-state index contributed by atoms with van der Waals surface area (Å²) < 4.78 is 10.2. The number of nitrogens with one attached hydrogen (secondary N) is 1. The summed E-state index contributed by atoms with van der Waals surface area (Å²) in [7, 11) is 0. The topological polar surface area (TPSA) is 90.6 Å². The van der Waals surface area contributed by atoms with Crippen LogP contribution < -0.4 is 11.1 Å². The number of carbonyl (C=O) groups is 2. The molecule has 1 aromatic rings. The second-order valence-corrected chi connectivity index (χ2v) is 5.96. The Morgan fingerprint density at radius 3 is 2.81 bits per heavy atom. The van der Waals surface area contributed by atoms with Gasteiger partial charge in [0.15, 0.2) is 0 Å². The molecule has 0 spiro atoms. The molecule has 1 saturated heterocycles. The SMILES string of the molecule is CCOC(=O)c1cc(CC)sc1NC(=O)C1COCC1N. The molecule has 0 bridgehead atoms. The van der Waals surface area contributed by atoms with Crippen molar-refractivity contribution in [1.29, 1.82) is 0 Å². The Hall–Kier alpha value is -1.44. The maximum atomic E-state index is 12.2. The van der Waals surface area contributed by atoms with Gasteiger partial charge in [-0.2, -0.15) is 0 Å². The Morgan fingerprint density at radius 2 is 2.24 bits per heavy atom. The highest BCUT2D eigenvalue weighted by Crippen LogP contribution is 2.30. The highest BCUT2D eigenvalue weighted by molar-refractivity contribution is 7.16. The third kappa shape index (κ3) is 3.61. The molecule has 21 heavy (non-hydrogen) atoms. The fourth-order valence-electron chi connectivity index (χ4n) is 2.12. The van der Waals surface area contributed by atoms with E-state index in [0.717, 1.165) is 11.3 Å². The molecule has 1 aromatic heterocycles. The van der Waals surface area contributed by atoms with Gasteiger partial charge in [-0.05, 0) is 19.4 Å². The number of hydrogen-bond acceptors (Lipinski definition) is 6. The maximum absolute atomic E-state index is 12.2. The summed E-state index contributed by atoms with van der Waals surface area (Å²) in [6.07, 6.45) is 0.791. The minimum Gasteiger partial charge on any atom is -0.462 e. The molecule has 0 aromatic carbocycles. The van der Waals surface area contributed by atoms with E-state index in [1.54, 1.807) is 13.0 Å². The molecule has 6 nitrogen and oxygen atoms in total. The maximum Gasteiger partial charge on any atom is 0.341 e. The lowest BCUT2D eigenvalue weighted by atomic mass is 10.0. The van der Waals surface area contributed by atoms with Crippen LogP contribution in [-0.4, -0.2) is 37.7 Å². The molecular weight excluding hydrogens is 292 g/mol. The first-order valence-electron chi connectivity index (χ1n) is 7.00. The largest absolute Gasteiger partial charge is 0.462 e. The second kappa shape index (κ2) is 7.02. The number of ether oxygens (including phenoxy) is 2. The van der Waals surface area contributed by atoms with E-state index in [0.29, 0.717) is 30.4 Å². The molecule has 3 N–H and O–H groups in total. The van der Waals surface area contributed by atoms with Gasteiger partial charge in [-0.1, -0.05) is 6.92 Å². The zero-order chi connectivity index (χ0) is 15.4. The van der Waals surface area contributed by atoms with Crippen molar-refractivity contribution in [3.63, 3.8) is 0 Å². The number of aryl methyl sites for hydroxylation is 1. The summed E-state index contributed by atoms with van der Waals surface area (Å²) in [5.74, 6) is -1.02. The molecule has 0 aliphatic carbocycles. The number of amides is 1. The lowest BCUT2D eigenvalue weighted by Crippen LogP contribution is -2.37. The van der Waals surface area contributed by atoms with E-state index in [9.17, 15) is 9.59 Å². The predicted octanol–water partition coefficient (Wildman–Crippen LogP) is 1.40. The van der Waals surface area contributed by atoms with Gasteiger partial charge in [-0.3, -0.25) is 4.79 Å². The molecule has 7 heteroatoms. The Morgan fingerprint density at radius 1 is 1.48 bits per heavy atom. The summed E-state index contributed by atoms with van der Waals surface area (Å²) in [4.78, 5) is 25.2. The smallest absolute Gasteiger partial charge is 0.341 e. The van der Waals surface area contributed by atoms with Crippen LogP contribution in [0.2, 0.25) is 0 Å². The lowest BCUT2D eigenvalue weighted by molar-refractivity contribution is -0.120. The fraction of sp³-hybridized carbons (Fsp3) is 0.571. The number of carbonyl (C=O) groups excluding carboxylic acids is 2. The van der Waals surface area contributed by atoms with Crippen LogP contribution >= 0.6 is 11.3 Å². The first-order valence-corrected chi connectivity index (χ1v) is 7.82. The van der Waals surface area contributed by atoms with E-state index in [1.165, 1.54) is 11.3 Å². The Labute approximate surface area is 127 Å². The Balaban J connectivity index is 2.16. The van der Waals surface area contributed by atoms with Gasteiger partial charge in [0, 0.05) is 10.9 Å². The number of nitrogens with two attached hydrogens (primary N) is 1. The van der Waals surface area contributed by atoms with Gasteiger partial charge in [-0.25, -0.2) is 4.79 Å². The van der Waals surface area contributed by atoms with Crippen LogP contribution in [0, 0.1) is 5.92 Å². The van der Waals surface area contributed by atoms with E-state index >= 15 is 0 Å². The van der Waals surface area contributed by atoms with Crippen molar-refractivity contribution in [3.8, 4) is 0 Å². The van der Waals surface area contributed by atoms with Crippen molar-refractivity contribution in [2.24, 2.45) is 11.7 Å². The van der Waals surface area contributed by atoms with Crippen molar-refractivity contribution >= 4 is 28.2 Å². The van der Waals surface area contributed by atoms with E-state index in [4.69, 9.17) is 15.2 Å². The first-order chi connectivity index (χ1) is 10.1. The van der Waals surface area contributed by atoms with Gasteiger partial charge in [0.05, 0.1) is 31.3 Å². The molecule has 2 heterocycles. The number of hydrogen-bond donors (Lipinski definition) is 2. The van der Waals surface area contributed by atoms with Gasteiger partial charge in [0.1, 0.15) is 5.00 Å². The molecule has 1 aliphatic rings. The van der Waals surface area contributed by atoms with Crippen LogP contribution in [0.5, 0.6) is 0 Å². The quantitative estimate of drug-likeness (QED) is 0.802. The predicted molar refractivity (Wildman–Crippen MR) is 80.6 cm³/mol. The van der Waals surface area contributed by atoms with Crippen molar-refractivity contribution in [2.75, 3.05) is 25.1 Å². The molecule has 0 saturated carbocycles.